The number of rotatable bonds is 6. The predicted octanol–water partition coefficient (Wildman–Crippen LogP) is 4.84. The third-order valence-corrected chi connectivity index (χ3v) is 5.52. The first-order valence-corrected chi connectivity index (χ1v) is 10.0. The Morgan fingerprint density at radius 1 is 1.23 bits per heavy atom. The van der Waals surface area contributed by atoms with Crippen LogP contribution in [0.1, 0.15) is 42.7 Å². The molecule has 2 aromatic rings. The van der Waals surface area contributed by atoms with Crippen molar-refractivity contribution in [1.29, 1.82) is 0 Å². The summed E-state index contributed by atoms with van der Waals surface area (Å²) >= 11 is 0. The molecule has 1 aromatic carbocycles. The number of ether oxygens (including phenoxy) is 1. The van der Waals surface area contributed by atoms with E-state index in [9.17, 15) is 27.1 Å². The Morgan fingerprint density at radius 2 is 1.97 bits per heavy atom. The predicted molar refractivity (Wildman–Crippen MR) is 104 cm³/mol. The fourth-order valence-electron chi connectivity index (χ4n) is 3.88. The number of aliphatic hydroxyl groups excluding tert-OH is 1. The molecule has 170 valence electrons. The van der Waals surface area contributed by atoms with Crippen LogP contribution in [0.5, 0.6) is 5.75 Å². The highest BCUT2D eigenvalue weighted by molar-refractivity contribution is 5.70. The van der Waals surface area contributed by atoms with Gasteiger partial charge in [0.2, 0.25) is 0 Å². The van der Waals surface area contributed by atoms with Crippen LogP contribution in [0.3, 0.4) is 0 Å². The van der Waals surface area contributed by atoms with Crippen molar-refractivity contribution in [3.8, 4) is 17.0 Å². The minimum absolute atomic E-state index is 0.0166. The van der Waals surface area contributed by atoms with Gasteiger partial charge in [0.25, 0.3) is 0 Å². The molecule has 10 heteroatoms. The van der Waals surface area contributed by atoms with Gasteiger partial charge in [0.05, 0.1) is 17.0 Å². The molecule has 1 aliphatic rings. The second-order valence-electron chi connectivity index (χ2n) is 7.63. The van der Waals surface area contributed by atoms with Gasteiger partial charge in [-0.25, -0.2) is 0 Å². The van der Waals surface area contributed by atoms with Gasteiger partial charge in [0, 0.05) is 18.0 Å². The zero-order chi connectivity index (χ0) is 22.8. The van der Waals surface area contributed by atoms with Crippen LogP contribution in [-0.4, -0.2) is 46.4 Å². The van der Waals surface area contributed by atoms with Crippen LogP contribution in [0.4, 0.5) is 22.0 Å². The molecule has 2 atom stereocenters. The van der Waals surface area contributed by atoms with Gasteiger partial charge in [0.15, 0.2) is 0 Å². The first kappa shape index (κ1) is 23.3. The SMILES string of the molecule is CCN1CCC[C@@H]([C@@H](O)c2cc(C)c(-c3ccc(C(F)(F)F)cc3OC(F)F)nn2)C1. The van der Waals surface area contributed by atoms with Crippen molar-refractivity contribution >= 4 is 0 Å². The van der Waals surface area contributed by atoms with Gasteiger partial charge in [-0.3, -0.25) is 0 Å². The van der Waals surface area contributed by atoms with Gasteiger partial charge in [-0.2, -0.15) is 27.1 Å². The lowest BCUT2D eigenvalue weighted by Crippen LogP contribution is -2.37. The van der Waals surface area contributed by atoms with E-state index in [1.54, 1.807) is 13.0 Å². The van der Waals surface area contributed by atoms with E-state index in [-0.39, 0.29) is 17.2 Å². The minimum atomic E-state index is -4.71. The number of aromatic nitrogens is 2. The number of piperidine rings is 1. The van der Waals surface area contributed by atoms with Crippen molar-refractivity contribution in [2.75, 3.05) is 19.6 Å². The van der Waals surface area contributed by atoms with Crippen LogP contribution in [0.25, 0.3) is 11.3 Å². The summed E-state index contributed by atoms with van der Waals surface area (Å²) in [7, 11) is 0. The Labute approximate surface area is 176 Å². The fourth-order valence-corrected chi connectivity index (χ4v) is 3.88. The highest BCUT2D eigenvalue weighted by Gasteiger charge is 2.32. The molecule has 0 spiro atoms. The first-order valence-electron chi connectivity index (χ1n) is 10.0. The Kier molecular flexibility index (Phi) is 7.10. The van der Waals surface area contributed by atoms with Crippen molar-refractivity contribution in [3.63, 3.8) is 0 Å². The van der Waals surface area contributed by atoms with E-state index < -0.39 is 30.2 Å². The molecule has 1 N–H and O–H groups in total. The first-order chi connectivity index (χ1) is 14.6. The number of hydrogen-bond acceptors (Lipinski definition) is 5. The highest BCUT2D eigenvalue weighted by atomic mass is 19.4. The van der Waals surface area contributed by atoms with Gasteiger partial charge >= 0.3 is 12.8 Å². The lowest BCUT2D eigenvalue weighted by Gasteiger charge is -2.34. The van der Waals surface area contributed by atoms with Crippen molar-refractivity contribution in [1.82, 2.24) is 15.1 Å². The molecule has 1 aliphatic heterocycles. The lowest BCUT2D eigenvalue weighted by molar-refractivity contribution is -0.138. The normalized spacial score (nSPS) is 18.9. The molecule has 0 bridgehead atoms. The second kappa shape index (κ2) is 9.44. The summed E-state index contributed by atoms with van der Waals surface area (Å²) in [5, 5.41) is 18.8. The van der Waals surface area contributed by atoms with Gasteiger partial charge in [-0.05, 0) is 62.7 Å². The second-order valence-corrected chi connectivity index (χ2v) is 7.63. The maximum Gasteiger partial charge on any atom is 0.416 e. The van der Waals surface area contributed by atoms with Gasteiger partial charge < -0.3 is 14.7 Å². The molecule has 1 fully saturated rings. The molecule has 0 amide bonds. The molecule has 5 nitrogen and oxygen atoms in total. The Morgan fingerprint density at radius 3 is 2.58 bits per heavy atom. The number of alkyl halides is 5. The molecule has 3 rings (SSSR count). The zero-order valence-corrected chi connectivity index (χ0v) is 17.2. The molecule has 31 heavy (non-hydrogen) atoms. The van der Waals surface area contributed by atoms with Crippen LogP contribution in [0.15, 0.2) is 24.3 Å². The number of benzene rings is 1. The van der Waals surface area contributed by atoms with Crippen LogP contribution >= 0.6 is 0 Å². The van der Waals surface area contributed by atoms with Crippen molar-refractivity contribution in [2.45, 2.75) is 45.6 Å². The average molecular weight is 445 g/mol. The molecule has 1 aromatic heterocycles. The summed E-state index contributed by atoms with van der Waals surface area (Å²) < 4.78 is 68.9. The van der Waals surface area contributed by atoms with E-state index in [0.29, 0.717) is 17.3 Å². The topological polar surface area (TPSA) is 58.5 Å². The van der Waals surface area contributed by atoms with Crippen LogP contribution in [-0.2, 0) is 6.18 Å². The maximum atomic E-state index is 13.0. The standard InChI is InChI=1S/C21H24F5N3O2/c1-3-29-8-4-5-13(11-29)19(30)16-9-12(2)18(28-27-16)15-7-6-14(21(24,25)26)10-17(15)31-20(22)23/h6-7,9-10,13,19-20,30H,3-5,8,11H2,1-2H3/t13-,19-/m1/s1. The number of aliphatic hydroxyl groups is 1. The van der Waals surface area contributed by atoms with Crippen LogP contribution in [0, 0.1) is 12.8 Å². The average Bonchev–Trinajstić information content (AvgIpc) is 2.72. The van der Waals surface area contributed by atoms with Crippen molar-refractivity contribution in [2.24, 2.45) is 5.92 Å². The summed E-state index contributed by atoms with van der Waals surface area (Å²) in [5.41, 5.74) is -0.214. The number of nitrogens with zero attached hydrogens (tertiary/aromatic N) is 3. The number of likely N-dealkylation sites (tertiary alicyclic amines) is 1. The molecule has 0 unspecified atom stereocenters. The van der Waals surface area contributed by atoms with E-state index in [1.165, 1.54) is 0 Å². The monoisotopic (exact) mass is 445 g/mol. The van der Waals surface area contributed by atoms with Crippen LogP contribution < -0.4 is 4.74 Å². The van der Waals surface area contributed by atoms with E-state index in [2.05, 4.69) is 26.8 Å². The van der Waals surface area contributed by atoms with E-state index in [4.69, 9.17) is 0 Å². The Hall–Kier alpha value is -2.33. The summed E-state index contributed by atoms with van der Waals surface area (Å²) in [5.74, 6) is -0.654. The summed E-state index contributed by atoms with van der Waals surface area (Å²) in [4.78, 5) is 2.24. The zero-order valence-electron chi connectivity index (χ0n) is 17.2. The minimum Gasteiger partial charge on any atom is -0.434 e. The highest BCUT2D eigenvalue weighted by Crippen LogP contribution is 2.38. The van der Waals surface area contributed by atoms with E-state index in [0.717, 1.165) is 44.6 Å². The van der Waals surface area contributed by atoms with Gasteiger partial charge in [-0.1, -0.05) is 6.92 Å². The third-order valence-electron chi connectivity index (χ3n) is 5.52. The maximum absolute atomic E-state index is 13.0. The molecular weight excluding hydrogens is 421 g/mol. The quantitative estimate of drug-likeness (QED) is 0.645. The van der Waals surface area contributed by atoms with E-state index in [1.807, 2.05) is 0 Å². The van der Waals surface area contributed by atoms with Gasteiger partial charge in [-0.15, -0.1) is 5.10 Å². The van der Waals surface area contributed by atoms with Gasteiger partial charge in [0.1, 0.15) is 11.9 Å². The number of hydrogen-bond donors (Lipinski definition) is 1. The molecule has 0 radical (unpaired) electrons. The fraction of sp³-hybridized carbons (Fsp3) is 0.524. The molecule has 1 saturated heterocycles. The summed E-state index contributed by atoms with van der Waals surface area (Å²) in [6, 6.07) is 3.92. The molecule has 0 saturated carbocycles. The summed E-state index contributed by atoms with van der Waals surface area (Å²) in [6.45, 7) is 2.97. The number of halogens is 5. The smallest absolute Gasteiger partial charge is 0.416 e. The number of aryl methyl sites for hydroxylation is 1. The molecule has 0 aliphatic carbocycles. The third kappa shape index (κ3) is 5.48. The largest absolute Gasteiger partial charge is 0.434 e. The van der Waals surface area contributed by atoms with E-state index >= 15 is 0 Å². The Bertz CT molecular complexity index is 907. The molecular formula is C21H24F5N3O2. The van der Waals surface area contributed by atoms with Crippen molar-refractivity contribution < 1.29 is 31.8 Å². The van der Waals surface area contributed by atoms with Crippen molar-refractivity contribution in [3.05, 3.63) is 41.1 Å². The Balaban J connectivity index is 1.92. The summed E-state index contributed by atoms with van der Waals surface area (Å²) in [6.07, 6.45) is -3.76. The lowest BCUT2D eigenvalue weighted by atomic mass is 9.90. The molecule has 2 heterocycles. The van der Waals surface area contributed by atoms with Crippen LogP contribution in [0.2, 0.25) is 0 Å².